The van der Waals surface area contributed by atoms with Gasteiger partial charge in [0, 0.05) is 11.4 Å². The molecule has 0 bridgehead atoms. The van der Waals surface area contributed by atoms with E-state index >= 15 is 0 Å². The minimum absolute atomic E-state index is 0.629. The highest BCUT2D eigenvalue weighted by Crippen LogP contribution is 2.25. The van der Waals surface area contributed by atoms with Crippen LogP contribution in [0.1, 0.15) is 174 Å². The smallest absolute Gasteiger partial charge is 0.142 e. The van der Waals surface area contributed by atoms with Crippen LogP contribution in [-0.2, 0) is 0 Å². The molecule has 270 valence electrons. The molecule has 47 heavy (non-hydrogen) atoms. The van der Waals surface area contributed by atoms with E-state index in [9.17, 15) is 0 Å². The van der Waals surface area contributed by atoms with E-state index in [4.69, 9.17) is 32.4 Å². The summed E-state index contributed by atoms with van der Waals surface area (Å²) in [4.78, 5) is 0. The molecule has 0 saturated heterocycles. The summed E-state index contributed by atoms with van der Waals surface area (Å²) in [6.45, 7) is 6.03. The van der Waals surface area contributed by atoms with Gasteiger partial charge in [0.25, 0.3) is 0 Å². The van der Waals surface area contributed by atoms with Gasteiger partial charge in [-0.15, -0.1) is 0 Å². The van der Waals surface area contributed by atoms with E-state index in [1.807, 2.05) is 24.3 Å². The first kappa shape index (κ1) is 42.3. The van der Waals surface area contributed by atoms with Gasteiger partial charge in [0.1, 0.15) is 11.5 Å². The predicted molar refractivity (Wildman–Crippen MR) is 208 cm³/mol. The SMILES string of the molecule is CCCCCCCCCCCCCCCOc1ccc(N)cc1N.CCCCCCCCCCCCCCOc1ccc(N)cc1N. The summed E-state index contributed by atoms with van der Waals surface area (Å²) in [7, 11) is 0. The maximum absolute atomic E-state index is 5.87. The molecular weight excluding hydrogens is 580 g/mol. The predicted octanol–water partition coefficient (Wildman–Crippen LogP) is 12.3. The summed E-state index contributed by atoms with van der Waals surface area (Å²) in [5, 5.41) is 0. The van der Waals surface area contributed by atoms with Crippen molar-refractivity contribution in [3.63, 3.8) is 0 Å². The van der Waals surface area contributed by atoms with Crippen LogP contribution in [0.5, 0.6) is 11.5 Å². The van der Waals surface area contributed by atoms with Crippen molar-refractivity contribution in [1.29, 1.82) is 0 Å². The van der Waals surface area contributed by atoms with E-state index in [0.29, 0.717) is 22.7 Å². The van der Waals surface area contributed by atoms with E-state index in [1.165, 1.54) is 148 Å². The van der Waals surface area contributed by atoms with Crippen molar-refractivity contribution in [1.82, 2.24) is 0 Å². The molecule has 0 aliphatic heterocycles. The average Bonchev–Trinajstić information content (AvgIpc) is 3.05. The Morgan fingerprint density at radius 3 is 0.872 bits per heavy atom. The largest absolute Gasteiger partial charge is 0.491 e. The van der Waals surface area contributed by atoms with Crippen LogP contribution in [0.25, 0.3) is 0 Å². The maximum atomic E-state index is 5.87. The fraction of sp³-hybridized carbons (Fsp3) is 0.707. The highest BCUT2D eigenvalue weighted by atomic mass is 16.5. The Kier molecular flexibility index (Phi) is 27.5. The first-order chi connectivity index (χ1) is 23.0. The number of ether oxygens (including phenoxy) is 2. The number of anilines is 4. The third kappa shape index (κ3) is 25.0. The van der Waals surface area contributed by atoms with E-state index in [0.717, 1.165) is 37.6 Å². The molecule has 8 N–H and O–H groups in total. The molecular formula is C41H74N4O2. The van der Waals surface area contributed by atoms with Crippen LogP contribution in [0.3, 0.4) is 0 Å². The Hall–Kier alpha value is -2.76. The van der Waals surface area contributed by atoms with Crippen LogP contribution in [-0.4, -0.2) is 13.2 Å². The average molecular weight is 655 g/mol. The van der Waals surface area contributed by atoms with Gasteiger partial charge in [-0.05, 0) is 49.2 Å². The molecule has 0 fully saturated rings. The summed E-state index contributed by atoms with van der Waals surface area (Å²) in [6, 6.07) is 10.9. The Morgan fingerprint density at radius 1 is 0.362 bits per heavy atom. The molecule has 0 aliphatic rings. The molecule has 6 nitrogen and oxygen atoms in total. The number of rotatable bonds is 29. The third-order valence-corrected chi connectivity index (χ3v) is 8.83. The molecule has 2 rings (SSSR count). The van der Waals surface area contributed by atoms with Crippen molar-refractivity contribution in [3.05, 3.63) is 36.4 Å². The van der Waals surface area contributed by atoms with Crippen molar-refractivity contribution in [2.24, 2.45) is 0 Å². The normalized spacial score (nSPS) is 10.9. The molecule has 0 aromatic heterocycles. The summed E-state index contributed by atoms with van der Waals surface area (Å²) in [5.41, 5.74) is 25.7. The number of unbranched alkanes of at least 4 members (excludes halogenated alkanes) is 23. The molecule has 0 aliphatic carbocycles. The van der Waals surface area contributed by atoms with Gasteiger partial charge < -0.3 is 32.4 Å². The molecule has 2 aromatic carbocycles. The van der Waals surface area contributed by atoms with Crippen LogP contribution in [0.15, 0.2) is 36.4 Å². The zero-order valence-electron chi connectivity index (χ0n) is 30.7. The van der Waals surface area contributed by atoms with Crippen molar-refractivity contribution in [2.45, 2.75) is 174 Å². The molecule has 0 spiro atoms. The second-order valence-electron chi connectivity index (χ2n) is 13.4. The summed E-state index contributed by atoms with van der Waals surface area (Å²) in [6.07, 6.45) is 34.0. The third-order valence-electron chi connectivity index (χ3n) is 8.83. The minimum Gasteiger partial charge on any atom is -0.491 e. The molecule has 0 heterocycles. The van der Waals surface area contributed by atoms with Gasteiger partial charge in [-0.1, -0.05) is 162 Å². The molecule has 0 unspecified atom stereocenters. The van der Waals surface area contributed by atoms with E-state index in [2.05, 4.69) is 13.8 Å². The monoisotopic (exact) mass is 655 g/mol. The van der Waals surface area contributed by atoms with Crippen molar-refractivity contribution in [2.75, 3.05) is 36.1 Å². The summed E-state index contributed by atoms with van der Waals surface area (Å²) in [5.74, 6) is 1.51. The number of hydrogen-bond acceptors (Lipinski definition) is 6. The topological polar surface area (TPSA) is 123 Å². The molecule has 0 atom stereocenters. The van der Waals surface area contributed by atoms with Crippen LogP contribution in [0.2, 0.25) is 0 Å². The van der Waals surface area contributed by atoms with E-state index in [1.54, 1.807) is 12.1 Å². The zero-order chi connectivity index (χ0) is 34.2. The quantitative estimate of drug-likeness (QED) is 0.0511. The highest BCUT2D eigenvalue weighted by Gasteiger charge is 2.02. The van der Waals surface area contributed by atoms with Crippen molar-refractivity contribution < 1.29 is 9.47 Å². The highest BCUT2D eigenvalue weighted by molar-refractivity contribution is 5.61. The maximum Gasteiger partial charge on any atom is 0.142 e. The van der Waals surface area contributed by atoms with Crippen LogP contribution >= 0.6 is 0 Å². The van der Waals surface area contributed by atoms with E-state index < -0.39 is 0 Å². The molecule has 0 radical (unpaired) electrons. The van der Waals surface area contributed by atoms with Crippen LogP contribution < -0.4 is 32.4 Å². The Morgan fingerprint density at radius 2 is 0.617 bits per heavy atom. The lowest BCUT2D eigenvalue weighted by Crippen LogP contribution is -2.01. The first-order valence-corrected chi connectivity index (χ1v) is 19.5. The lowest BCUT2D eigenvalue weighted by molar-refractivity contribution is 0.305. The lowest BCUT2D eigenvalue weighted by atomic mass is 10.0. The first-order valence-electron chi connectivity index (χ1n) is 19.5. The minimum atomic E-state index is 0.629. The fourth-order valence-corrected chi connectivity index (χ4v) is 5.82. The van der Waals surface area contributed by atoms with Gasteiger partial charge in [-0.3, -0.25) is 0 Å². The van der Waals surface area contributed by atoms with Gasteiger partial charge in [0.15, 0.2) is 0 Å². The molecule has 2 aromatic rings. The standard InChI is InChI=1S/C21H38N2O.C20H36N2O/c1-2-3-4-5-6-7-8-9-10-11-12-13-14-17-24-21-16-15-19(22)18-20(21)23;1-2-3-4-5-6-7-8-9-10-11-12-13-16-23-20-15-14-18(21)17-19(20)22/h15-16,18H,2-14,17,22-23H2,1H3;14-15,17H,2-13,16,21-22H2,1H3. The van der Waals surface area contributed by atoms with Crippen molar-refractivity contribution >= 4 is 22.7 Å². The Balaban J connectivity index is 0.000000470. The van der Waals surface area contributed by atoms with Gasteiger partial charge in [0.05, 0.1) is 24.6 Å². The Labute approximate surface area is 290 Å². The van der Waals surface area contributed by atoms with Crippen LogP contribution in [0.4, 0.5) is 22.7 Å². The second-order valence-corrected chi connectivity index (χ2v) is 13.4. The molecule has 0 saturated carbocycles. The van der Waals surface area contributed by atoms with Crippen LogP contribution in [0, 0.1) is 0 Å². The second kappa shape index (κ2) is 30.6. The lowest BCUT2D eigenvalue weighted by Gasteiger charge is -2.09. The van der Waals surface area contributed by atoms with Gasteiger partial charge in [0.2, 0.25) is 0 Å². The van der Waals surface area contributed by atoms with Gasteiger partial charge in [-0.2, -0.15) is 0 Å². The van der Waals surface area contributed by atoms with Gasteiger partial charge >= 0.3 is 0 Å². The number of nitrogens with two attached hydrogens (primary N) is 4. The molecule has 6 heteroatoms. The summed E-state index contributed by atoms with van der Waals surface area (Å²) >= 11 is 0. The van der Waals surface area contributed by atoms with Gasteiger partial charge in [-0.25, -0.2) is 0 Å². The van der Waals surface area contributed by atoms with E-state index in [-0.39, 0.29) is 0 Å². The summed E-state index contributed by atoms with van der Waals surface area (Å²) < 4.78 is 11.4. The number of benzene rings is 2. The van der Waals surface area contributed by atoms with Crippen molar-refractivity contribution in [3.8, 4) is 11.5 Å². The fourth-order valence-electron chi connectivity index (χ4n) is 5.82. The Bertz CT molecular complexity index is 984. The molecule has 0 amide bonds. The number of hydrogen-bond donors (Lipinski definition) is 4. The zero-order valence-corrected chi connectivity index (χ0v) is 30.7. The number of nitrogen functional groups attached to an aromatic ring is 4.